The summed E-state index contributed by atoms with van der Waals surface area (Å²) in [6, 6.07) is 5.42. The van der Waals surface area contributed by atoms with E-state index in [9.17, 15) is 13.2 Å². The van der Waals surface area contributed by atoms with Gasteiger partial charge in [-0.15, -0.1) is 4.40 Å². The molecule has 0 aromatic heterocycles. The molecule has 0 aliphatic carbocycles. The molecular formula is C16H17N3O4S. The summed E-state index contributed by atoms with van der Waals surface area (Å²) >= 11 is 0. The number of benzene rings is 1. The van der Waals surface area contributed by atoms with Crippen LogP contribution in [0.4, 0.5) is 5.69 Å². The second kappa shape index (κ2) is 6.12. The van der Waals surface area contributed by atoms with Gasteiger partial charge in [0.15, 0.2) is 5.84 Å². The molecular weight excluding hydrogens is 330 g/mol. The first-order valence-corrected chi connectivity index (χ1v) is 8.95. The van der Waals surface area contributed by atoms with Crippen molar-refractivity contribution < 1.29 is 17.9 Å². The van der Waals surface area contributed by atoms with E-state index < -0.39 is 15.9 Å². The van der Waals surface area contributed by atoms with Gasteiger partial charge in [0, 0.05) is 12.7 Å². The number of fused-ring (bicyclic) bond motifs is 1. The van der Waals surface area contributed by atoms with Crippen LogP contribution < -0.4 is 10.1 Å². The third kappa shape index (κ3) is 3.18. The van der Waals surface area contributed by atoms with Crippen molar-refractivity contribution in [2.75, 3.05) is 24.7 Å². The van der Waals surface area contributed by atoms with Crippen LogP contribution in [0, 0.1) is 6.92 Å². The summed E-state index contributed by atoms with van der Waals surface area (Å²) in [4.78, 5) is 14.3. The smallest absolute Gasteiger partial charge is 0.259 e. The second-order valence-electron chi connectivity index (χ2n) is 5.47. The highest BCUT2D eigenvalue weighted by atomic mass is 32.2. The Hall–Kier alpha value is -2.61. The lowest BCUT2D eigenvalue weighted by atomic mass is 10.1. The number of anilines is 1. The van der Waals surface area contributed by atoms with Gasteiger partial charge in [-0.05, 0) is 36.8 Å². The average Bonchev–Trinajstić information content (AvgIpc) is 2.53. The van der Waals surface area contributed by atoms with Crippen LogP contribution in [0.5, 0.6) is 5.75 Å². The van der Waals surface area contributed by atoms with Crippen molar-refractivity contribution in [3.63, 3.8) is 0 Å². The number of amidine groups is 1. The molecule has 7 nitrogen and oxygen atoms in total. The largest absolute Gasteiger partial charge is 0.495 e. The van der Waals surface area contributed by atoms with Crippen LogP contribution in [0.2, 0.25) is 0 Å². The summed E-state index contributed by atoms with van der Waals surface area (Å²) in [6.07, 6.45) is 4.95. The summed E-state index contributed by atoms with van der Waals surface area (Å²) < 4.78 is 32.5. The molecule has 2 aliphatic rings. The van der Waals surface area contributed by atoms with Crippen molar-refractivity contribution in [2.45, 2.75) is 6.92 Å². The molecule has 3 rings (SSSR count). The summed E-state index contributed by atoms with van der Waals surface area (Å²) in [6.45, 7) is 2.17. The Morgan fingerprint density at radius 1 is 1.38 bits per heavy atom. The molecule has 0 atom stereocenters. The quantitative estimate of drug-likeness (QED) is 0.894. The van der Waals surface area contributed by atoms with E-state index in [2.05, 4.69) is 9.71 Å². The zero-order valence-corrected chi connectivity index (χ0v) is 14.1. The van der Waals surface area contributed by atoms with E-state index in [1.807, 2.05) is 13.0 Å². The molecule has 126 valence electrons. The molecule has 0 saturated heterocycles. The van der Waals surface area contributed by atoms with E-state index in [1.165, 1.54) is 7.11 Å². The molecule has 8 heteroatoms. The van der Waals surface area contributed by atoms with Gasteiger partial charge in [0.2, 0.25) is 0 Å². The zero-order valence-electron chi connectivity index (χ0n) is 13.3. The Morgan fingerprint density at radius 2 is 2.17 bits per heavy atom. The minimum absolute atomic E-state index is 0.0680. The monoisotopic (exact) mass is 347 g/mol. The third-order valence-corrected chi connectivity index (χ3v) is 4.85. The van der Waals surface area contributed by atoms with Crippen LogP contribution >= 0.6 is 0 Å². The van der Waals surface area contributed by atoms with Crippen molar-refractivity contribution in [1.82, 2.24) is 4.90 Å². The predicted molar refractivity (Wildman–Crippen MR) is 91.5 cm³/mol. The standard InChI is InChI=1S/C16H17N3O4S/c1-11-5-6-14(23-2)13(10-11)17-16(20)12-4-3-7-19-8-9-24(21,22)18-15(12)19/h3-7,10H,8-9H2,1-2H3,(H,17,20). The van der Waals surface area contributed by atoms with Crippen molar-refractivity contribution in [1.29, 1.82) is 0 Å². The van der Waals surface area contributed by atoms with E-state index in [1.54, 1.807) is 35.4 Å². The van der Waals surface area contributed by atoms with Gasteiger partial charge in [0.1, 0.15) is 5.75 Å². The summed E-state index contributed by atoms with van der Waals surface area (Å²) in [5, 5.41) is 2.76. The summed E-state index contributed by atoms with van der Waals surface area (Å²) in [7, 11) is -2.03. The molecule has 2 heterocycles. The first kappa shape index (κ1) is 16.3. The molecule has 1 aromatic carbocycles. The van der Waals surface area contributed by atoms with Crippen molar-refractivity contribution in [3.05, 3.63) is 47.7 Å². The molecule has 0 radical (unpaired) electrons. The normalized spacial score (nSPS) is 18.3. The first-order valence-electron chi connectivity index (χ1n) is 7.34. The van der Waals surface area contributed by atoms with E-state index in [4.69, 9.17) is 4.74 Å². The van der Waals surface area contributed by atoms with E-state index >= 15 is 0 Å². The number of nitrogens with zero attached hydrogens (tertiary/aromatic N) is 2. The van der Waals surface area contributed by atoms with Gasteiger partial charge >= 0.3 is 0 Å². The number of nitrogens with one attached hydrogen (secondary N) is 1. The minimum Gasteiger partial charge on any atom is -0.495 e. The van der Waals surface area contributed by atoms with E-state index in [0.717, 1.165) is 5.56 Å². The van der Waals surface area contributed by atoms with E-state index in [0.29, 0.717) is 11.4 Å². The molecule has 1 amide bonds. The molecule has 24 heavy (non-hydrogen) atoms. The number of rotatable bonds is 3. The zero-order chi connectivity index (χ0) is 17.3. The number of sulfonamides is 1. The van der Waals surface area contributed by atoms with Gasteiger partial charge in [-0.1, -0.05) is 6.07 Å². The van der Waals surface area contributed by atoms with Crippen LogP contribution in [-0.4, -0.2) is 44.5 Å². The molecule has 0 bridgehead atoms. The van der Waals surface area contributed by atoms with Gasteiger partial charge in [0.05, 0.1) is 24.1 Å². The number of hydrogen-bond acceptors (Lipinski definition) is 5. The Morgan fingerprint density at radius 3 is 2.92 bits per heavy atom. The van der Waals surface area contributed by atoms with Crippen LogP contribution in [0.15, 0.2) is 46.5 Å². The van der Waals surface area contributed by atoms with Crippen molar-refractivity contribution >= 4 is 27.5 Å². The number of aryl methyl sites for hydroxylation is 1. The highest BCUT2D eigenvalue weighted by Crippen LogP contribution is 2.26. The SMILES string of the molecule is COc1ccc(C)cc1NC(=O)C1=CC=CN2CCS(=O)(=O)N=C12. The van der Waals surface area contributed by atoms with Crippen LogP contribution in [-0.2, 0) is 14.8 Å². The Balaban J connectivity index is 1.93. The number of methoxy groups -OCH3 is 1. The number of carbonyl (C=O) groups excluding carboxylic acids is 1. The van der Waals surface area contributed by atoms with Crippen molar-refractivity contribution in [3.8, 4) is 5.75 Å². The van der Waals surface area contributed by atoms with E-state index in [-0.39, 0.29) is 23.7 Å². The third-order valence-electron chi connectivity index (χ3n) is 3.71. The molecule has 0 unspecified atom stereocenters. The van der Waals surface area contributed by atoms with Crippen LogP contribution in [0.3, 0.4) is 0 Å². The second-order valence-corrected chi connectivity index (χ2v) is 7.23. The number of hydrogen-bond donors (Lipinski definition) is 1. The average molecular weight is 347 g/mol. The van der Waals surface area contributed by atoms with Gasteiger partial charge < -0.3 is 15.0 Å². The lowest BCUT2D eigenvalue weighted by Gasteiger charge is -2.28. The predicted octanol–water partition coefficient (Wildman–Crippen LogP) is 1.44. The maximum Gasteiger partial charge on any atom is 0.259 e. The van der Waals surface area contributed by atoms with Crippen LogP contribution in [0.1, 0.15) is 5.56 Å². The van der Waals surface area contributed by atoms with Gasteiger partial charge in [-0.25, -0.2) is 8.42 Å². The maximum absolute atomic E-state index is 12.6. The number of amides is 1. The fourth-order valence-electron chi connectivity index (χ4n) is 2.50. The molecule has 0 spiro atoms. The van der Waals surface area contributed by atoms with Crippen molar-refractivity contribution in [2.24, 2.45) is 4.40 Å². The van der Waals surface area contributed by atoms with Gasteiger partial charge in [-0.3, -0.25) is 4.79 Å². The highest BCUT2D eigenvalue weighted by Gasteiger charge is 2.30. The molecule has 1 aromatic rings. The van der Waals surface area contributed by atoms with Gasteiger partial charge in [-0.2, -0.15) is 0 Å². The minimum atomic E-state index is -3.55. The fourth-order valence-corrected chi connectivity index (χ4v) is 3.49. The highest BCUT2D eigenvalue weighted by molar-refractivity contribution is 7.90. The number of ether oxygens (including phenoxy) is 1. The summed E-state index contributed by atoms with van der Waals surface area (Å²) in [5.74, 6) is 0.162. The van der Waals surface area contributed by atoms with Crippen LogP contribution in [0.25, 0.3) is 0 Å². The first-order chi connectivity index (χ1) is 11.4. The fraction of sp³-hybridized carbons (Fsp3) is 0.250. The Bertz CT molecular complexity index is 885. The molecule has 2 aliphatic heterocycles. The topological polar surface area (TPSA) is 88.1 Å². The molecule has 1 N–H and O–H groups in total. The number of carbonyl (C=O) groups is 1. The molecule has 0 fully saturated rings. The maximum atomic E-state index is 12.6. The number of allylic oxidation sites excluding steroid dienone is 2. The summed E-state index contributed by atoms with van der Waals surface area (Å²) in [5.41, 5.74) is 1.68. The lowest BCUT2D eigenvalue weighted by Crippen LogP contribution is -2.40. The lowest BCUT2D eigenvalue weighted by molar-refractivity contribution is -0.112. The van der Waals surface area contributed by atoms with Gasteiger partial charge in [0.25, 0.3) is 15.9 Å². The Kier molecular flexibility index (Phi) is 4.15. The molecule has 0 saturated carbocycles. The Labute approximate surface area is 140 Å².